The van der Waals surface area contributed by atoms with Crippen molar-refractivity contribution in [2.45, 2.75) is 11.6 Å². The van der Waals surface area contributed by atoms with Crippen LogP contribution in [0, 0.1) is 11.3 Å². The first-order valence-corrected chi connectivity index (χ1v) is 11.3. The summed E-state index contributed by atoms with van der Waals surface area (Å²) in [4.78, 5) is 13.0. The molecule has 174 valence electrons. The van der Waals surface area contributed by atoms with E-state index in [0.717, 1.165) is 16.7 Å². The Morgan fingerprint density at radius 2 is 1.34 bits per heavy atom. The zero-order chi connectivity index (χ0) is 24.5. The van der Waals surface area contributed by atoms with Crippen molar-refractivity contribution < 1.29 is 14.3 Å². The van der Waals surface area contributed by atoms with Gasteiger partial charge in [0, 0.05) is 0 Å². The van der Waals surface area contributed by atoms with Gasteiger partial charge in [0.25, 0.3) is 0 Å². The third-order valence-corrected chi connectivity index (χ3v) is 5.88. The standard InChI is InChI=1S/C30H26N2O3/c1-34-29(33)28(22-35-27-19-11-12-23(20-27)21-31)32-30(24-13-5-2-6-14-24,25-15-7-3-8-16-25)26-17-9-4-10-18-26/h2-20,28,32H,22H2,1H3/t28-/m1/s1. The molecule has 4 rings (SSSR count). The van der Waals surface area contributed by atoms with Crippen molar-refractivity contribution >= 4 is 5.97 Å². The van der Waals surface area contributed by atoms with Crippen molar-refractivity contribution in [3.63, 3.8) is 0 Å². The predicted molar refractivity (Wildman–Crippen MR) is 135 cm³/mol. The zero-order valence-electron chi connectivity index (χ0n) is 19.4. The van der Waals surface area contributed by atoms with Crippen molar-refractivity contribution in [3.05, 3.63) is 138 Å². The summed E-state index contributed by atoms with van der Waals surface area (Å²) in [6.45, 7) is 0.00973. The van der Waals surface area contributed by atoms with Crippen molar-refractivity contribution in [1.29, 1.82) is 5.26 Å². The normalized spacial score (nSPS) is 11.8. The summed E-state index contributed by atoms with van der Waals surface area (Å²) in [5.41, 5.74) is 2.53. The van der Waals surface area contributed by atoms with E-state index in [0.29, 0.717) is 11.3 Å². The lowest BCUT2D eigenvalue weighted by atomic mass is 9.76. The Kier molecular flexibility index (Phi) is 7.57. The summed E-state index contributed by atoms with van der Waals surface area (Å²) in [5.74, 6) is 0.0538. The molecule has 5 nitrogen and oxygen atoms in total. The Morgan fingerprint density at radius 3 is 1.80 bits per heavy atom. The molecule has 0 radical (unpaired) electrons. The number of benzene rings is 4. The number of hydrogen-bond donors (Lipinski definition) is 1. The molecule has 0 spiro atoms. The van der Waals surface area contributed by atoms with E-state index in [-0.39, 0.29) is 6.61 Å². The van der Waals surface area contributed by atoms with Crippen LogP contribution in [-0.4, -0.2) is 25.7 Å². The number of carbonyl (C=O) groups is 1. The van der Waals surface area contributed by atoms with Crippen LogP contribution in [0.4, 0.5) is 0 Å². The summed E-state index contributed by atoms with van der Waals surface area (Å²) in [7, 11) is 1.36. The fraction of sp³-hybridized carbons (Fsp3) is 0.133. The second-order valence-corrected chi connectivity index (χ2v) is 8.02. The molecule has 4 aromatic carbocycles. The zero-order valence-corrected chi connectivity index (χ0v) is 19.4. The molecular formula is C30H26N2O3. The Morgan fingerprint density at radius 1 is 0.829 bits per heavy atom. The molecule has 0 aliphatic rings. The molecule has 5 heteroatoms. The Bertz CT molecular complexity index is 1190. The maximum Gasteiger partial charge on any atom is 0.326 e. The smallest absolute Gasteiger partial charge is 0.326 e. The predicted octanol–water partition coefficient (Wildman–Crippen LogP) is 5.06. The van der Waals surface area contributed by atoms with Gasteiger partial charge in [-0.25, -0.2) is 0 Å². The van der Waals surface area contributed by atoms with Crippen molar-refractivity contribution in [3.8, 4) is 11.8 Å². The summed E-state index contributed by atoms with van der Waals surface area (Å²) >= 11 is 0. The van der Waals surface area contributed by atoms with Gasteiger partial charge >= 0.3 is 5.97 Å². The lowest BCUT2D eigenvalue weighted by molar-refractivity contribution is -0.144. The third kappa shape index (κ3) is 5.24. The molecular weight excluding hydrogens is 436 g/mol. The summed E-state index contributed by atoms with van der Waals surface area (Å²) < 4.78 is 11.1. The van der Waals surface area contributed by atoms with E-state index in [1.54, 1.807) is 24.3 Å². The highest BCUT2D eigenvalue weighted by atomic mass is 16.5. The molecule has 0 unspecified atom stereocenters. The Labute approximate surface area is 205 Å². The second-order valence-electron chi connectivity index (χ2n) is 8.02. The second kappa shape index (κ2) is 11.1. The van der Waals surface area contributed by atoms with Crippen LogP contribution in [0.15, 0.2) is 115 Å². The largest absolute Gasteiger partial charge is 0.491 e. The number of carbonyl (C=O) groups excluding carboxylic acids is 1. The molecule has 0 saturated carbocycles. The highest BCUT2D eigenvalue weighted by molar-refractivity contribution is 5.76. The molecule has 0 saturated heterocycles. The van der Waals surface area contributed by atoms with Gasteiger partial charge in [-0.05, 0) is 34.9 Å². The van der Waals surface area contributed by atoms with Gasteiger partial charge < -0.3 is 9.47 Å². The fourth-order valence-electron chi connectivity index (χ4n) is 4.22. The van der Waals surface area contributed by atoms with Crippen LogP contribution < -0.4 is 10.1 Å². The number of nitrogens with zero attached hydrogens (tertiary/aromatic N) is 1. The molecule has 0 aliphatic heterocycles. The van der Waals surface area contributed by atoms with Gasteiger partial charge in [0.05, 0.1) is 24.3 Å². The number of esters is 1. The highest BCUT2D eigenvalue weighted by Crippen LogP contribution is 2.37. The lowest BCUT2D eigenvalue weighted by Gasteiger charge is -2.39. The molecule has 4 aromatic rings. The first-order valence-electron chi connectivity index (χ1n) is 11.3. The van der Waals surface area contributed by atoms with Crippen LogP contribution >= 0.6 is 0 Å². The first kappa shape index (κ1) is 23.7. The molecule has 1 N–H and O–H groups in total. The fourth-order valence-corrected chi connectivity index (χ4v) is 4.22. The molecule has 0 heterocycles. The van der Waals surface area contributed by atoms with Crippen LogP contribution in [0.1, 0.15) is 22.3 Å². The molecule has 0 aliphatic carbocycles. The van der Waals surface area contributed by atoms with Gasteiger partial charge in [-0.1, -0.05) is 97.1 Å². The number of hydrogen-bond acceptors (Lipinski definition) is 5. The number of methoxy groups -OCH3 is 1. The molecule has 0 bridgehead atoms. The monoisotopic (exact) mass is 462 g/mol. The summed E-state index contributed by atoms with van der Waals surface area (Å²) in [5, 5.41) is 12.8. The van der Waals surface area contributed by atoms with E-state index in [1.807, 2.05) is 91.0 Å². The average Bonchev–Trinajstić information content (AvgIpc) is 2.94. The van der Waals surface area contributed by atoms with E-state index in [9.17, 15) is 10.1 Å². The molecule has 35 heavy (non-hydrogen) atoms. The number of nitriles is 1. The Hall–Kier alpha value is -4.40. The van der Waals surface area contributed by atoms with Gasteiger partial charge in [-0.15, -0.1) is 0 Å². The van der Waals surface area contributed by atoms with Crippen molar-refractivity contribution in [1.82, 2.24) is 5.32 Å². The third-order valence-electron chi connectivity index (χ3n) is 5.88. The number of nitrogens with one attached hydrogen (secondary N) is 1. The first-order chi connectivity index (χ1) is 17.2. The van der Waals surface area contributed by atoms with Gasteiger partial charge in [0.2, 0.25) is 0 Å². The van der Waals surface area contributed by atoms with Gasteiger partial charge in [-0.2, -0.15) is 5.26 Å². The van der Waals surface area contributed by atoms with Crippen LogP contribution in [0.2, 0.25) is 0 Å². The molecule has 1 atom stereocenters. The molecule has 0 aromatic heterocycles. The molecule has 0 amide bonds. The highest BCUT2D eigenvalue weighted by Gasteiger charge is 2.40. The van der Waals surface area contributed by atoms with Gasteiger partial charge in [0.1, 0.15) is 18.4 Å². The lowest BCUT2D eigenvalue weighted by Crippen LogP contribution is -2.55. The maximum atomic E-state index is 13.0. The Balaban J connectivity index is 1.81. The minimum Gasteiger partial charge on any atom is -0.491 e. The van der Waals surface area contributed by atoms with E-state index < -0.39 is 17.6 Å². The maximum absolute atomic E-state index is 13.0. The number of ether oxygens (including phenoxy) is 2. The van der Waals surface area contributed by atoms with Gasteiger partial charge in [0.15, 0.2) is 0 Å². The van der Waals surface area contributed by atoms with E-state index in [4.69, 9.17) is 9.47 Å². The van der Waals surface area contributed by atoms with Crippen LogP contribution in [0.25, 0.3) is 0 Å². The quantitative estimate of drug-likeness (QED) is 0.278. The minimum atomic E-state index is -0.861. The van der Waals surface area contributed by atoms with Crippen LogP contribution in [0.5, 0.6) is 5.75 Å². The van der Waals surface area contributed by atoms with Gasteiger partial charge in [-0.3, -0.25) is 10.1 Å². The average molecular weight is 463 g/mol. The van der Waals surface area contributed by atoms with Crippen molar-refractivity contribution in [2.24, 2.45) is 0 Å². The topological polar surface area (TPSA) is 71.3 Å². The van der Waals surface area contributed by atoms with E-state index >= 15 is 0 Å². The SMILES string of the molecule is COC(=O)[C@@H](COc1cccc(C#N)c1)NC(c1ccccc1)(c1ccccc1)c1ccccc1. The minimum absolute atomic E-state index is 0.00973. The van der Waals surface area contributed by atoms with Crippen LogP contribution in [0.3, 0.4) is 0 Å². The number of rotatable bonds is 9. The van der Waals surface area contributed by atoms with E-state index in [1.165, 1.54) is 7.11 Å². The van der Waals surface area contributed by atoms with Crippen LogP contribution in [-0.2, 0) is 15.1 Å². The molecule has 0 fully saturated rings. The van der Waals surface area contributed by atoms with Crippen molar-refractivity contribution in [2.75, 3.05) is 13.7 Å². The van der Waals surface area contributed by atoms with E-state index in [2.05, 4.69) is 11.4 Å². The summed E-state index contributed by atoms with van der Waals surface area (Å²) in [6, 6.07) is 38.2. The summed E-state index contributed by atoms with van der Waals surface area (Å²) in [6.07, 6.45) is 0.